The number of aliphatic hydroxyl groups is 3. The van der Waals surface area contributed by atoms with E-state index in [0.29, 0.717) is 196 Å². The van der Waals surface area contributed by atoms with E-state index < -0.39 is 36.7 Å². The van der Waals surface area contributed by atoms with Crippen LogP contribution in [0.4, 0.5) is 0 Å². The SMILES string of the molecule is C[C@@H]1O[C@@H](OCCOCCNC(=O)CCOCCOCCOCCOCCOCCOCCOCCOCCOCCOCCOCCOCCCC(=O)COc2ccc(-c3cccc(C(=O)CCCNC(=O)CCCC(=O)O)c3)cc2)[C@H](O)[C@H](O)[C@H]1O. The van der Waals surface area contributed by atoms with Gasteiger partial charge in [-0.05, 0) is 55.5 Å². The van der Waals surface area contributed by atoms with Gasteiger partial charge in [-0.3, -0.25) is 24.0 Å². The summed E-state index contributed by atoms with van der Waals surface area (Å²) >= 11 is 0. The van der Waals surface area contributed by atoms with Crippen molar-refractivity contribution in [3.8, 4) is 16.9 Å². The second-order valence-corrected chi connectivity index (χ2v) is 19.8. The number of carbonyl (C=O) groups excluding carboxylic acids is 4. The van der Waals surface area contributed by atoms with Gasteiger partial charge in [0, 0.05) is 57.4 Å². The number of rotatable bonds is 60. The fourth-order valence-corrected chi connectivity index (χ4v) is 7.85. The molecule has 2 amide bonds. The van der Waals surface area contributed by atoms with E-state index in [0.717, 1.165) is 11.1 Å². The van der Waals surface area contributed by atoms with Crippen LogP contribution < -0.4 is 15.4 Å². The summed E-state index contributed by atoms with van der Waals surface area (Å²) in [6, 6.07) is 14.6. The van der Waals surface area contributed by atoms with Crippen LogP contribution in [0, 0.1) is 0 Å². The van der Waals surface area contributed by atoms with Gasteiger partial charge in [0.05, 0.1) is 178 Å². The van der Waals surface area contributed by atoms with Gasteiger partial charge in [-0.1, -0.05) is 30.3 Å². The van der Waals surface area contributed by atoms with Gasteiger partial charge in [0.25, 0.3) is 0 Å². The van der Waals surface area contributed by atoms with Gasteiger partial charge < -0.3 is 107 Å². The number of ether oxygens (including phenoxy) is 16. The molecule has 2 aromatic carbocycles. The van der Waals surface area contributed by atoms with Crippen molar-refractivity contribution in [1.82, 2.24) is 10.6 Å². The summed E-state index contributed by atoms with van der Waals surface area (Å²) in [5.41, 5.74) is 2.32. The van der Waals surface area contributed by atoms with Crippen LogP contribution in [-0.4, -0.2) is 279 Å². The van der Waals surface area contributed by atoms with Gasteiger partial charge in [0.1, 0.15) is 30.7 Å². The van der Waals surface area contributed by atoms with Crippen molar-refractivity contribution in [2.75, 3.05) is 198 Å². The van der Waals surface area contributed by atoms with Crippen molar-refractivity contribution >= 4 is 29.4 Å². The molecule has 1 heterocycles. The fraction of sp³-hybridized carbons (Fsp3) is 0.721. The molecule has 502 valence electrons. The van der Waals surface area contributed by atoms with E-state index in [2.05, 4.69) is 10.6 Å². The van der Waals surface area contributed by atoms with Crippen LogP contribution in [0.2, 0.25) is 0 Å². The molecule has 1 saturated heterocycles. The van der Waals surface area contributed by atoms with Gasteiger partial charge in [-0.15, -0.1) is 0 Å². The third kappa shape index (κ3) is 40.8. The summed E-state index contributed by atoms with van der Waals surface area (Å²) in [5, 5.41) is 43.6. The number of ketones is 2. The average Bonchev–Trinajstić information content (AvgIpc) is 3.13. The van der Waals surface area contributed by atoms with E-state index in [4.69, 9.17) is 80.9 Å². The van der Waals surface area contributed by atoms with Crippen molar-refractivity contribution in [1.29, 1.82) is 0 Å². The molecule has 3 rings (SSSR count). The molecule has 1 fully saturated rings. The highest BCUT2D eigenvalue weighted by molar-refractivity contribution is 5.97. The molecule has 0 radical (unpaired) electrons. The van der Waals surface area contributed by atoms with E-state index >= 15 is 0 Å². The number of nitrogens with one attached hydrogen (secondary N) is 2. The largest absolute Gasteiger partial charge is 0.486 e. The first-order valence-corrected chi connectivity index (χ1v) is 30.4. The Morgan fingerprint density at radius 3 is 1.40 bits per heavy atom. The van der Waals surface area contributed by atoms with Gasteiger partial charge in [-0.25, -0.2) is 0 Å². The van der Waals surface area contributed by atoms with Crippen LogP contribution in [0.15, 0.2) is 48.5 Å². The number of hydrogen-bond acceptors (Lipinski definition) is 24. The highest BCUT2D eigenvalue weighted by atomic mass is 16.7. The first-order chi connectivity index (χ1) is 42.9. The normalized spacial score (nSPS) is 16.6. The number of carboxylic acid groups (broad SMARTS) is 1. The minimum absolute atomic E-state index is 0.0353. The van der Waals surface area contributed by atoms with Gasteiger partial charge >= 0.3 is 5.97 Å². The third-order valence-corrected chi connectivity index (χ3v) is 12.7. The Morgan fingerprint density at radius 2 is 0.886 bits per heavy atom. The Labute approximate surface area is 516 Å². The summed E-state index contributed by atoms with van der Waals surface area (Å²) in [5.74, 6) is -0.845. The molecule has 0 aliphatic carbocycles. The van der Waals surface area contributed by atoms with E-state index in [1.54, 1.807) is 25.1 Å². The average molecular weight is 1260 g/mol. The molecule has 27 heteroatoms. The Bertz CT molecular complexity index is 2090. The van der Waals surface area contributed by atoms with Crippen molar-refractivity contribution in [3.63, 3.8) is 0 Å². The monoisotopic (exact) mass is 1260 g/mol. The topological polar surface area (TPSA) is 338 Å². The smallest absolute Gasteiger partial charge is 0.303 e. The molecule has 0 bridgehead atoms. The second kappa shape index (κ2) is 53.0. The summed E-state index contributed by atoms with van der Waals surface area (Å²) in [7, 11) is 0. The van der Waals surface area contributed by atoms with Crippen LogP contribution in [0.3, 0.4) is 0 Å². The highest BCUT2D eigenvalue weighted by Gasteiger charge is 2.42. The van der Waals surface area contributed by atoms with Crippen molar-refractivity contribution < 1.29 is 120 Å². The summed E-state index contributed by atoms with van der Waals surface area (Å²) in [6.07, 6.45) is -3.46. The van der Waals surface area contributed by atoms with Crippen molar-refractivity contribution in [3.05, 3.63) is 54.1 Å². The number of carbonyl (C=O) groups is 5. The number of aliphatic carboxylic acids is 1. The molecule has 0 spiro atoms. The summed E-state index contributed by atoms with van der Waals surface area (Å²) < 4.78 is 88.0. The van der Waals surface area contributed by atoms with Crippen LogP contribution >= 0.6 is 0 Å². The minimum atomic E-state index is -1.37. The highest BCUT2D eigenvalue weighted by Crippen LogP contribution is 2.25. The molecular weight excluding hydrogens is 1160 g/mol. The Morgan fingerprint density at radius 1 is 0.432 bits per heavy atom. The lowest BCUT2D eigenvalue weighted by atomic mass is 9.99. The van der Waals surface area contributed by atoms with Crippen LogP contribution in [0.5, 0.6) is 5.75 Å². The molecule has 0 saturated carbocycles. The Balaban J connectivity index is 0.940. The first-order valence-electron chi connectivity index (χ1n) is 30.4. The van der Waals surface area contributed by atoms with Crippen molar-refractivity contribution in [2.24, 2.45) is 0 Å². The predicted molar refractivity (Wildman–Crippen MR) is 316 cm³/mol. The molecule has 27 nitrogen and oxygen atoms in total. The zero-order valence-corrected chi connectivity index (χ0v) is 51.2. The standard InChI is InChI=1S/C61H98N2O25/c1-48-58(70)59(71)60(72)61(88-48)86-45-44-75-21-18-63-56(67)16-20-74-23-25-77-27-29-79-31-33-81-35-37-83-39-41-85-43-42-84-40-38-82-36-34-80-32-30-78-28-26-76-24-22-73-19-5-8-52(64)47-87-53-14-12-49(13-15-53)50-6-2-7-51(46-50)54(65)9-4-17-62-55(66)10-3-11-57(68)69/h2,6-7,12-15,46,48,58-61,70-72H,3-5,8-11,16-45,47H2,1H3,(H,62,66)(H,63,67)(H,68,69)/t48-,58-,59+,60+,61+/m0/s1. The number of benzene rings is 2. The quantitative estimate of drug-likeness (QED) is 0.0407. The number of Topliss-reactive ketones (excluding diaryl/α,β-unsaturated/α-hetero) is 2. The van der Waals surface area contributed by atoms with Gasteiger partial charge in [0.2, 0.25) is 11.8 Å². The Hall–Kier alpha value is -4.73. The molecule has 1 aliphatic rings. The lowest BCUT2D eigenvalue weighted by Gasteiger charge is -2.38. The number of hydrogen-bond donors (Lipinski definition) is 6. The lowest BCUT2D eigenvalue weighted by molar-refractivity contribution is -0.294. The van der Waals surface area contributed by atoms with E-state index in [1.807, 2.05) is 30.3 Å². The zero-order chi connectivity index (χ0) is 63.3. The van der Waals surface area contributed by atoms with E-state index in [-0.39, 0.29) is 88.5 Å². The fourth-order valence-electron chi connectivity index (χ4n) is 7.85. The molecular formula is C61H98N2O25. The predicted octanol–water partition coefficient (Wildman–Crippen LogP) is 1.98. The molecule has 1 aliphatic heterocycles. The lowest BCUT2D eigenvalue weighted by Crippen LogP contribution is -2.57. The summed E-state index contributed by atoms with van der Waals surface area (Å²) in [4.78, 5) is 59.6. The van der Waals surface area contributed by atoms with Crippen LogP contribution in [-0.2, 0) is 90.2 Å². The first kappa shape index (κ1) is 77.5. The number of aliphatic hydroxyl groups excluding tert-OH is 3. The number of carboxylic acids is 1. The third-order valence-electron chi connectivity index (χ3n) is 12.7. The van der Waals surface area contributed by atoms with E-state index in [9.17, 15) is 39.3 Å². The number of amides is 2. The van der Waals surface area contributed by atoms with Crippen LogP contribution in [0.1, 0.15) is 68.6 Å². The van der Waals surface area contributed by atoms with E-state index in [1.165, 1.54) is 0 Å². The second-order valence-electron chi connectivity index (χ2n) is 19.8. The van der Waals surface area contributed by atoms with Gasteiger partial charge in [0.15, 0.2) is 17.9 Å². The maximum atomic E-state index is 12.8. The Kier molecular flexibility index (Phi) is 46.7. The van der Waals surface area contributed by atoms with Gasteiger partial charge in [-0.2, -0.15) is 0 Å². The molecule has 2 aromatic rings. The molecule has 0 aromatic heterocycles. The molecule has 0 unspecified atom stereocenters. The maximum absolute atomic E-state index is 12.8. The minimum Gasteiger partial charge on any atom is -0.486 e. The maximum Gasteiger partial charge on any atom is 0.303 e. The zero-order valence-electron chi connectivity index (χ0n) is 51.2. The summed E-state index contributed by atoms with van der Waals surface area (Å²) in [6.45, 7) is 12.9. The van der Waals surface area contributed by atoms with Crippen LogP contribution in [0.25, 0.3) is 11.1 Å². The molecule has 5 atom stereocenters. The van der Waals surface area contributed by atoms with Crippen molar-refractivity contribution in [2.45, 2.75) is 89.0 Å². The molecule has 88 heavy (non-hydrogen) atoms. The molecule has 6 N–H and O–H groups in total.